The van der Waals surface area contributed by atoms with Crippen LogP contribution in [0.5, 0.6) is 0 Å². The Hall–Kier alpha value is -3.92. The highest BCUT2D eigenvalue weighted by atomic mass is 35.5. The molecule has 0 saturated heterocycles. The predicted molar refractivity (Wildman–Crippen MR) is 167 cm³/mol. The van der Waals surface area contributed by atoms with Gasteiger partial charge in [-0.15, -0.1) is 0 Å². The molecule has 1 N–H and O–H groups in total. The standard InChI is InChI=1S/C32H30Cl2FN3O4S/c1-2-36-32(40)30(19-23-7-4-3-5-8-23)37(21-24-11-15-27(35)16-12-24)31(39)22-38(28-10-6-9-26(34)20-28)43(41,42)29-17-13-25(33)14-18-29/h3-18,20,30H,2,19,21-22H2,1H3,(H,36,40). The van der Waals surface area contributed by atoms with E-state index in [9.17, 15) is 22.4 Å². The summed E-state index contributed by atoms with van der Waals surface area (Å²) in [5.41, 5.74) is 1.53. The van der Waals surface area contributed by atoms with Gasteiger partial charge in [0, 0.05) is 29.6 Å². The van der Waals surface area contributed by atoms with E-state index in [1.807, 2.05) is 30.3 Å². The molecule has 43 heavy (non-hydrogen) atoms. The van der Waals surface area contributed by atoms with Crippen LogP contribution in [0.3, 0.4) is 0 Å². The summed E-state index contributed by atoms with van der Waals surface area (Å²) in [5.74, 6) is -1.50. The fraction of sp³-hybridized carbons (Fsp3) is 0.188. The monoisotopic (exact) mass is 641 g/mol. The number of nitrogens with zero attached hydrogens (tertiary/aromatic N) is 2. The molecule has 7 nitrogen and oxygen atoms in total. The molecule has 4 aromatic rings. The van der Waals surface area contributed by atoms with Crippen molar-refractivity contribution in [3.63, 3.8) is 0 Å². The second kappa shape index (κ2) is 14.5. The maximum absolute atomic E-state index is 14.3. The van der Waals surface area contributed by atoms with E-state index in [4.69, 9.17) is 23.2 Å². The Kier molecular flexibility index (Phi) is 10.8. The average Bonchev–Trinajstić information content (AvgIpc) is 2.99. The summed E-state index contributed by atoms with van der Waals surface area (Å²) >= 11 is 12.2. The highest BCUT2D eigenvalue weighted by Crippen LogP contribution is 2.28. The van der Waals surface area contributed by atoms with Crippen LogP contribution in [-0.2, 0) is 32.6 Å². The summed E-state index contributed by atoms with van der Waals surface area (Å²) in [6.45, 7) is 1.38. The number of hydrogen-bond donors (Lipinski definition) is 1. The molecular formula is C32H30Cl2FN3O4S. The van der Waals surface area contributed by atoms with Gasteiger partial charge in [-0.05, 0) is 72.6 Å². The zero-order valence-electron chi connectivity index (χ0n) is 23.3. The SMILES string of the molecule is CCNC(=O)C(Cc1ccccc1)N(Cc1ccc(F)cc1)C(=O)CN(c1cccc(Cl)c1)S(=O)(=O)c1ccc(Cl)cc1. The lowest BCUT2D eigenvalue weighted by atomic mass is 10.0. The van der Waals surface area contributed by atoms with Crippen molar-refractivity contribution in [1.29, 1.82) is 0 Å². The van der Waals surface area contributed by atoms with E-state index < -0.39 is 40.2 Å². The topological polar surface area (TPSA) is 86.8 Å². The van der Waals surface area contributed by atoms with Gasteiger partial charge in [-0.25, -0.2) is 12.8 Å². The molecule has 0 bridgehead atoms. The summed E-state index contributed by atoms with van der Waals surface area (Å²) in [5, 5.41) is 3.41. The van der Waals surface area contributed by atoms with Gasteiger partial charge in [0.25, 0.3) is 10.0 Å². The molecule has 4 aromatic carbocycles. The average molecular weight is 643 g/mol. The van der Waals surface area contributed by atoms with E-state index in [-0.39, 0.29) is 28.6 Å². The van der Waals surface area contributed by atoms with Crippen LogP contribution in [0.25, 0.3) is 0 Å². The molecule has 224 valence electrons. The second-order valence-corrected chi connectivity index (χ2v) is 12.4. The Bertz CT molecular complexity index is 1650. The second-order valence-electron chi connectivity index (χ2n) is 9.69. The summed E-state index contributed by atoms with van der Waals surface area (Å²) in [4.78, 5) is 29.0. The molecule has 4 rings (SSSR count). The van der Waals surface area contributed by atoms with Crippen LogP contribution >= 0.6 is 23.2 Å². The summed E-state index contributed by atoms with van der Waals surface area (Å²) in [6, 6.07) is 25.5. The quantitative estimate of drug-likeness (QED) is 0.202. The highest BCUT2D eigenvalue weighted by Gasteiger charge is 2.34. The van der Waals surface area contributed by atoms with Gasteiger partial charge in [0.2, 0.25) is 11.8 Å². The maximum Gasteiger partial charge on any atom is 0.264 e. The molecule has 1 unspecified atom stereocenters. The third-order valence-electron chi connectivity index (χ3n) is 6.66. The van der Waals surface area contributed by atoms with Crippen molar-refractivity contribution in [2.45, 2.75) is 30.8 Å². The number of amides is 2. The number of anilines is 1. The molecule has 0 aromatic heterocycles. The molecule has 2 amide bonds. The van der Waals surface area contributed by atoms with Gasteiger partial charge >= 0.3 is 0 Å². The smallest absolute Gasteiger partial charge is 0.264 e. The number of carbonyl (C=O) groups excluding carboxylic acids is 2. The van der Waals surface area contributed by atoms with Crippen molar-refractivity contribution < 1.29 is 22.4 Å². The van der Waals surface area contributed by atoms with Crippen LogP contribution < -0.4 is 9.62 Å². The van der Waals surface area contributed by atoms with Gasteiger partial charge in [-0.2, -0.15) is 0 Å². The zero-order chi connectivity index (χ0) is 31.0. The van der Waals surface area contributed by atoms with E-state index in [0.29, 0.717) is 17.1 Å². The molecule has 0 aliphatic rings. The first-order chi connectivity index (χ1) is 20.6. The number of rotatable bonds is 12. The molecular weight excluding hydrogens is 612 g/mol. The Labute approximate surface area is 260 Å². The number of benzene rings is 4. The third kappa shape index (κ3) is 8.34. The fourth-order valence-electron chi connectivity index (χ4n) is 4.53. The first-order valence-corrected chi connectivity index (χ1v) is 15.7. The molecule has 0 spiro atoms. The number of halogens is 3. The molecule has 11 heteroatoms. The first-order valence-electron chi connectivity index (χ1n) is 13.5. The molecule has 0 aliphatic heterocycles. The van der Waals surface area contributed by atoms with E-state index in [2.05, 4.69) is 5.32 Å². The highest BCUT2D eigenvalue weighted by molar-refractivity contribution is 7.92. The van der Waals surface area contributed by atoms with Gasteiger partial charge < -0.3 is 10.2 Å². The van der Waals surface area contributed by atoms with E-state index in [1.54, 1.807) is 19.1 Å². The Balaban J connectivity index is 1.79. The van der Waals surface area contributed by atoms with Crippen molar-refractivity contribution in [1.82, 2.24) is 10.2 Å². The van der Waals surface area contributed by atoms with Crippen LogP contribution in [0, 0.1) is 5.82 Å². The Morgan fingerprint density at radius 2 is 1.51 bits per heavy atom. The summed E-state index contributed by atoms with van der Waals surface area (Å²) < 4.78 is 42.6. The van der Waals surface area contributed by atoms with Crippen molar-refractivity contribution in [2.75, 3.05) is 17.4 Å². The number of nitrogens with one attached hydrogen (secondary N) is 1. The van der Waals surface area contributed by atoms with Gasteiger partial charge in [-0.3, -0.25) is 13.9 Å². The lowest BCUT2D eigenvalue weighted by Crippen LogP contribution is -2.53. The Morgan fingerprint density at radius 3 is 2.14 bits per heavy atom. The van der Waals surface area contributed by atoms with Gasteiger partial charge in [0.05, 0.1) is 10.6 Å². The summed E-state index contributed by atoms with van der Waals surface area (Å²) in [7, 11) is -4.29. The first kappa shape index (κ1) is 32.0. The molecule has 1 atom stereocenters. The van der Waals surface area contributed by atoms with E-state index >= 15 is 0 Å². The summed E-state index contributed by atoms with van der Waals surface area (Å²) in [6.07, 6.45) is 0.167. The molecule has 0 aliphatic carbocycles. The number of hydrogen-bond acceptors (Lipinski definition) is 4. The van der Waals surface area contributed by atoms with E-state index in [1.165, 1.54) is 65.6 Å². The van der Waals surface area contributed by atoms with Gasteiger partial charge in [0.15, 0.2) is 0 Å². The van der Waals surface area contributed by atoms with Crippen LogP contribution in [-0.4, -0.2) is 44.3 Å². The minimum absolute atomic E-state index is 0.0713. The fourth-order valence-corrected chi connectivity index (χ4v) is 6.24. The Morgan fingerprint density at radius 1 is 0.837 bits per heavy atom. The lowest BCUT2D eigenvalue weighted by molar-refractivity contribution is -0.140. The van der Waals surface area contributed by atoms with Crippen LogP contribution in [0.4, 0.5) is 10.1 Å². The predicted octanol–water partition coefficient (Wildman–Crippen LogP) is 6.10. The van der Waals surface area contributed by atoms with Crippen LogP contribution in [0.2, 0.25) is 10.0 Å². The van der Waals surface area contributed by atoms with Crippen molar-refractivity contribution in [3.8, 4) is 0 Å². The molecule has 0 heterocycles. The van der Waals surface area contributed by atoms with Gasteiger partial charge in [0.1, 0.15) is 18.4 Å². The minimum Gasteiger partial charge on any atom is -0.355 e. The molecule has 0 saturated carbocycles. The van der Waals surface area contributed by atoms with Crippen LogP contribution in [0.15, 0.2) is 108 Å². The van der Waals surface area contributed by atoms with Gasteiger partial charge in [-0.1, -0.05) is 71.7 Å². The molecule has 0 fully saturated rings. The largest absolute Gasteiger partial charge is 0.355 e. The number of likely N-dealkylation sites (N-methyl/N-ethyl adjacent to an activating group) is 1. The van der Waals surface area contributed by atoms with Crippen molar-refractivity contribution in [3.05, 3.63) is 130 Å². The number of sulfonamides is 1. The van der Waals surface area contributed by atoms with E-state index in [0.717, 1.165) is 9.87 Å². The lowest BCUT2D eigenvalue weighted by Gasteiger charge is -2.33. The molecule has 0 radical (unpaired) electrons. The van der Waals surface area contributed by atoms with Crippen molar-refractivity contribution in [2.24, 2.45) is 0 Å². The van der Waals surface area contributed by atoms with Crippen molar-refractivity contribution >= 4 is 50.7 Å². The third-order valence-corrected chi connectivity index (χ3v) is 8.94. The number of carbonyl (C=O) groups is 2. The minimum atomic E-state index is -4.29. The van der Waals surface area contributed by atoms with Crippen LogP contribution in [0.1, 0.15) is 18.1 Å². The zero-order valence-corrected chi connectivity index (χ0v) is 25.6. The maximum atomic E-state index is 14.3. The normalized spacial score (nSPS) is 11.9.